The Hall–Kier alpha value is -0.120. The highest BCUT2D eigenvalue weighted by Crippen LogP contribution is 2.51. The number of likely N-dealkylation sites (N-methyl/N-ethyl adjacent to an activating group) is 1. The van der Waals surface area contributed by atoms with Gasteiger partial charge in [0.2, 0.25) is 0 Å². The molecular formula is C14H28N2O. The first-order chi connectivity index (χ1) is 8.18. The van der Waals surface area contributed by atoms with E-state index in [1.165, 1.54) is 19.4 Å². The molecule has 17 heavy (non-hydrogen) atoms. The lowest BCUT2D eigenvalue weighted by Crippen LogP contribution is -2.41. The first-order valence-electron chi connectivity index (χ1n) is 7.20. The second kappa shape index (κ2) is 5.68. The van der Waals surface area contributed by atoms with E-state index in [0.717, 1.165) is 32.2 Å². The van der Waals surface area contributed by atoms with Crippen molar-refractivity contribution in [2.45, 2.75) is 39.7 Å². The van der Waals surface area contributed by atoms with Crippen LogP contribution in [0.2, 0.25) is 0 Å². The third-order valence-corrected chi connectivity index (χ3v) is 4.67. The van der Waals surface area contributed by atoms with Crippen molar-refractivity contribution in [3.63, 3.8) is 0 Å². The van der Waals surface area contributed by atoms with Crippen LogP contribution in [0.4, 0.5) is 0 Å². The van der Waals surface area contributed by atoms with Gasteiger partial charge in [-0.3, -0.25) is 0 Å². The summed E-state index contributed by atoms with van der Waals surface area (Å²) in [6, 6.07) is 0.557. The zero-order chi connectivity index (χ0) is 12.3. The van der Waals surface area contributed by atoms with Crippen molar-refractivity contribution in [3.05, 3.63) is 0 Å². The number of ether oxygens (including phenoxy) is 1. The fourth-order valence-electron chi connectivity index (χ4n) is 2.91. The van der Waals surface area contributed by atoms with E-state index in [-0.39, 0.29) is 0 Å². The SMILES string of the molecule is CCNC1COCC1CNCC1(C(C)C)CC1. The molecule has 2 rings (SSSR count). The lowest BCUT2D eigenvalue weighted by molar-refractivity contribution is 0.181. The Labute approximate surface area is 106 Å². The predicted octanol–water partition coefficient (Wildman–Crippen LogP) is 1.64. The Balaban J connectivity index is 1.68. The lowest BCUT2D eigenvalue weighted by atomic mass is 9.92. The zero-order valence-corrected chi connectivity index (χ0v) is 11.6. The summed E-state index contributed by atoms with van der Waals surface area (Å²) >= 11 is 0. The van der Waals surface area contributed by atoms with Gasteiger partial charge < -0.3 is 15.4 Å². The van der Waals surface area contributed by atoms with Gasteiger partial charge in [0, 0.05) is 25.0 Å². The van der Waals surface area contributed by atoms with Gasteiger partial charge in [0.05, 0.1) is 13.2 Å². The van der Waals surface area contributed by atoms with Gasteiger partial charge in [-0.15, -0.1) is 0 Å². The topological polar surface area (TPSA) is 33.3 Å². The number of hydrogen-bond acceptors (Lipinski definition) is 3. The lowest BCUT2D eigenvalue weighted by Gasteiger charge is -2.23. The van der Waals surface area contributed by atoms with Gasteiger partial charge >= 0.3 is 0 Å². The van der Waals surface area contributed by atoms with Crippen molar-refractivity contribution in [2.75, 3.05) is 32.8 Å². The fraction of sp³-hybridized carbons (Fsp3) is 1.00. The molecule has 1 heterocycles. The van der Waals surface area contributed by atoms with E-state index in [1.807, 2.05) is 0 Å². The largest absolute Gasteiger partial charge is 0.379 e. The Kier molecular flexibility index (Phi) is 4.45. The summed E-state index contributed by atoms with van der Waals surface area (Å²) in [5, 5.41) is 7.20. The van der Waals surface area contributed by atoms with Gasteiger partial charge in [-0.25, -0.2) is 0 Å². The van der Waals surface area contributed by atoms with Gasteiger partial charge in [-0.2, -0.15) is 0 Å². The van der Waals surface area contributed by atoms with E-state index in [9.17, 15) is 0 Å². The normalized spacial score (nSPS) is 31.1. The molecule has 1 saturated heterocycles. The molecule has 2 unspecified atom stereocenters. The highest BCUT2D eigenvalue weighted by molar-refractivity contribution is 4.97. The van der Waals surface area contributed by atoms with Crippen molar-refractivity contribution in [3.8, 4) is 0 Å². The Morgan fingerprint density at radius 1 is 1.29 bits per heavy atom. The summed E-state index contributed by atoms with van der Waals surface area (Å²) in [6.07, 6.45) is 2.82. The molecule has 0 radical (unpaired) electrons. The molecule has 2 fully saturated rings. The molecule has 0 spiro atoms. The van der Waals surface area contributed by atoms with Crippen molar-refractivity contribution in [1.82, 2.24) is 10.6 Å². The minimum Gasteiger partial charge on any atom is -0.379 e. The third kappa shape index (κ3) is 3.21. The van der Waals surface area contributed by atoms with Crippen LogP contribution in [0.3, 0.4) is 0 Å². The summed E-state index contributed by atoms with van der Waals surface area (Å²) in [5.41, 5.74) is 0.618. The van der Waals surface area contributed by atoms with E-state index >= 15 is 0 Å². The molecule has 2 atom stereocenters. The number of hydrogen-bond donors (Lipinski definition) is 2. The predicted molar refractivity (Wildman–Crippen MR) is 71.1 cm³/mol. The average Bonchev–Trinajstić information content (AvgIpc) is 2.96. The van der Waals surface area contributed by atoms with Crippen LogP contribution in [0.5, 0.6) is 0 Å². The molecule has 1 saturated carbocycles. The van der Waals surface area contributed by atoms with Gasteiger partial charge in [-0.1, -0.05) is 20.8 Å². The Bertz CT molecular complexity index is 238. The second-order valence-electron chi connectivity index (χ2n) is 6.11. The molecule has 0 amide bonds. The molecule has 3 nitrogen and oxygen atoms in total. The van der Waals surface area contributed by atoms with E-state index < -0.39 is 0 Å². The molecule has 0 bridgehead atoms. The van der Waals surface area contributed by atoms with Crippen LogP contribution in [-0.2, 0) is 4.74 Å². The van der Waals surface area contributed by atoms with Gasteiger partial charge in [0.15, 0.2) is 0 Å². The Morgan fingerprint density at radius 3 is 2.65 bits per heavy atom. The summed E-state index contributed by atoms with van der Waals surface area (Å²) in [7, 11) is 0. The minimum absolute atomic E-state index is 0.557. The van der Waals surface area contributed by atoms with Gasteiger partial charge in [-0.05, 0) is 30.7 Å². The molecule has 100 valence electrons. The van der Waals surface area contributed by atoms with Gasteiger partial charge in [0.1, 0.15) is 0 Å². The summed E-state index contributed by atoms with van der Waals surface area (Å²) in [5.74, 6) is 1.47. The summed E-state index contributed by atoms with van der Waals surface area (Å²) < 4.78 is 5.57. The van der Waals surface area contributed by atoms with E-state index in [2.05, 4.69) is 31.4 Å². The third-order valence-electron chi connectivity index (χ3n) is 4.67. The highest BCUT2D eigenvalue weighted by atomic mass is 16.5. The standard InChI is InChI=1S/C14H28N2O/c1-4-16-13-9-17-8-12(13)7-15-10-14(5-6-14)11(2)3/h11-13,15-16H,4-10H2,1-3H3. The van der Waals surface area contributed by atoms with Crippen LogP contribution in [-0.4, -0.2) is 38.9 Å². The van der Waals surface area contributed by atoms with Crippen LogP contribution >= 0.6 is 0 Å². The quantitative estimate of drug-likeness (QED) is 0.710. The van der Waals surface area contributed by atoms with Crippen LogP contribution < -0.4 is 10.6 Å². The molecular weight excluding hydrogens is 212 g/mol. The van der Waals surface area contributed by atoms with Crippen molar-refractivity contribution in [1.29, 1.82) is 0 Å². The first-order valence-corrected chi connectivity index (χ1v) is 7.20. The number of nitrogens with one attached hydrogen (secondary N) is 2. The van der Waals surface area contributed by atoms with E-state index in [4.69, 9.17) is 4.74 Å². The molecule has 1 aliphatic heterocycles. The van der Waals surface area contributed by atoms with Crippen molar-refractivity contribution < 1.29 is 4.74 Å². The Morgan fingerprint density at radius 2 is 2.06 bits per heavy atom. The smallest absolute Gasteiger partial charge is 0.0623 e. The molecule has 2 aliphatic rings. The van der Waals surface area contributed by atoms with E-state index in [0.29, 0.717) is 17.4 Å². The highest BCUT2D eigenvalue weighted by Gasteiger charge is 2.44. The van der Waals surface area contributed by atoms with Gasteiger partial charge in [0.25, 0.3) is 0 Å². The molecule has 2 N–H and O–H groups in total. The second-order valence-corrected chi connectivity index (χ2v) is 6.11. The maximum atomic E-state index is 5.57. The van der Waals surface area contributed by atoms with E-state index in [1.54, 1.807) is 0 Å². The van der Waals surface area contributed by atoms with Crippen LogP contribution in [0.15, 0.2) is 0 Å². The van der Waals surface area contributed by atoms with Crippen LogP contribution in [0.25, 0.3) is 0 Å². The average molecular weight is 240 g/mol. The fourth-order valence-corrected chi connectivity index (χ4v) is 2.91. The maximum absolute atomic E-state index is 5.57. The first kappa shape index (κ1) is 13.3. The monoisotopic (exact) mass is 240 g/mol. The molecule has 0 aromatic carbocycles. The summed E-state index contributed by atoms with van der Waals surface area (Å²) in [6.45, 7) is 12.0. The molecule has 0 aromatic rings. The minimum atomic E-state index is 0.557. The zero-order valence-electron chi connectivity index (χ0n) is 11.6. The molecule has 1 aliphatic carbocycles. The van der Waals surface area contributed by atoms with Crippen molar-refractivity contribution in [2.24, 2.45) is 17.3 Å². The molecule has 0 aromatic heterocycles. The summed E-state index contributed by atoms with van der Waals surface area (Å²) in [4.78, 5) is 0. The molecule has 3 heteroatoms. The van der Waals surface area contributed by atoms with Crippen LogP contribution in [0, 0.1) is 17.3 Å². The van der Waals surface area contributed by atoms with Crippen molar-refractivity contribution >= 4 is 0 Å². The number of rotatable bonds is 7. The van der Waals surface area contributed by atoms with Crippen LogP contribution in [0.1, 0.15) is 33.6 Å². The maximum Gasteiger partial charge on any atom is 0.0623 e.